The van der Waals surface area contributed by atoms with Crippen molar-refractivity contribution in [2.24, 2.45) is 0 Å². The van der Waals surface area contributed by atoms with Gasteiger partial charge in [-0.15, -0.1) is 0 Å². The van der Waals surface area contributed by atoms with Crippen LogP contribution >= 0.6 is 0 Å². The van der Waals surface area contributed by atoms with Crippen LogP contribution in [0.2, 0.25) is 0 Å². The SMILES string of the molecule is CCCCCCCCCCCCCCCCCCCC[N+](CCC)(CCC)c1ccccc1. The maximum Gasteiger partial charge on any atom is 0.132 e. The number of quaternary nitrogens is 1. The molecule has 1 nitrogen and oxygen atoms in total. The molecule has 33 heavy (non-hydrogen) atoms. The third kappa shape index (κ3) is 14.9. The quantitative estimate of drug-likeness (QED) is 0.107. The first-order chi connectivity index (χ1) is 16.3. The highest BCUT2D eigenvalue weighted by Crippen LogP contribution is 2.25. The lowest BCUT2D eigenvalue weighted by molar-refractivity contribution is 0.265. The summed E-state index contributed by atoms with van der Waals surface area (Å²) < 4.78 is 1.20. The zero-order valence-corrected chi connectivity index (χ0v) is 23.1. The molecular weight excluding hydrogens is 398 g/mol. The molecule has 0 spiro atoms. The van der Waals surface area contributed by atoms with Crippen molar-refractivity contribution < 1.29 is 0 Å². The second kappa shape index (κ2) is 21.7. The van der Waals surface area contributed by atoms with E-state index < -0.39 is 0 Å². The molecule has 0 saturated carbocycles. The first-order valence-corrected chi connectivity index (χ1v) is 15.2. The fourth-order valence-corrected chi connectivity index (χ4v) is 5.64. The molecule has 0 radical (unpaired) electrons. The Balaban J connectivity index is 2.00. The molecule has 1 aromatic carbocycles. The van der Waals surface area contributed by atoms with E-state index >= 15 is 0 Å². The fourth-order valence-electron chi connectivity index (χ4n) is 5.64. The van der Waals surface area contributed by atoms with E-state index in [-0.39, 0.29) is 0 Å². The predicted molar refractivity (Wildman–Crippen MR) is 152 cm³/mol. The lowest BCUT2D eigenvalue weighted by Crippen LogP contribution is -2.51. The minimum Gasteiger partial charge on any atom is -0.291 e. The summed E-state index contributed by atoms with van der Waals surface area (Å²) >= 11 is 0. The Kier molecular flexibility index (Phi) is 19.9. The van der Waals surface area contributed by atoms with E-state index in [1.165, 1.54) is 158 Å². The van der Waals surface area contributed by atoms with E-state index in [1.54, 1.807) is 0 Å². The van der Waals surface area contributed by atoms with Gasteiger partial charge in [0.2, 0.25) is 0 Å². The Bertz CT molecular complexity index is 502. The highest BCUT2D eigenvalue weighted by atomic mass is 15.4. The molecule has 0 heterocycles. The largest absolute Gasteiger partial charge is 0.291 e. The Labute approximate surface area is 209 Å². The van der Waals surface area contributed by atoms with Gasteiger partial charge in [0, 0.05) is 0 Å². The van der Waals surface area contributed by atoms with Crippen molar-refractivity contribution in [1.82, 2.24) is 4.48 Å². The summed E-state index contributed by atoms with van der Waals surface area (Å²) in [6, 6.07) is 11.3. The van der Waals surface area contributed by atoms with Crippen LogP contribution in [-0.4, -0.2) is 19.6 Å². The molecule has 0 aliphatic carbocycles. The molecule has 0 atom stereocenters. The number of rotatable bonds is 24. The maximum atomic E-state index is 2.36. The molecule has 0 amide bonds. The minimum atomic E-state index is 1.20. The summed E-state index contributed by atoms with van der Waals surface area (Å²) in [4.78, 5) is 0. The van der Waals surface area contributed by atoms with Crippen LogP contribution in [0.15, 0.2) is 30.3 Å². The topological polar surface area (TPSA) is 0 Å². The second-order valence-corrected chi connectivity index (χ2v) is 10.7. The van der Waals surface area contributed by atoms with Crippen molar-refractivity contribution in [3.63, 3.8) is 0 Å². The van der Waals surface area contributed by atoms with Gasteiger partial charge in [-0.25, -0.2) is 0 Å². The average Bonchev–Trinajstić information content (AvgIpc) is 2.84. The molecule has 0 fully saturated rings. The molecule has 1 aromatic rings. The first kappa shape index (κ1) is 30.2. The summed E-state index contributed by atoms with van der Waals surface area (Å²) in [5.41, 5.74) is 1.54. The van der Waals surface area contributed by atoms with Gasteiger partial charge in [-0.05, 0) is 37.8 Å². The van der Waals surface area contributed by atoms with Gasteiger partial charge in [-0.3, -0.25) is 4.48 Å². The van der Waals surface area contributed by atoms with Crippen LogP contribution in [0.1, 0.15) is 149 Å². The molecule has 0 bridgehead atoms. The zero-order valence-electron chi connectivity index (χ0n) is 23.1. The summed E-state index contributed by atoms with van der Waals surface area (Å²) in [7, 11) is 0. The summed E-state index contributed by atoms with van der Waals surface area (Å²) in [6.07, 6.45) is 28.7. The van der Waals surface area contributed by atoms with E-state index in [1.807, 2.05) is 0 Å². The van der Waals surface area contributed by atoms with Gasteiger partial charge in [0.1, 0.15) is 5.69 Å². The number of benzene rings is 1. The fraction of sp³-hybridized carbons (Fsp3) is 0.812. The summed E-state index contributed by atoms with van der Waals surface area (Å²) in [6.45, 7) is 10.9. The van der Waals surface area contributed by atoms with Gasteiger partial charge in [-0.1, -0.05) is 142 Å². The Hall–Kier alpha value is -0.820. The minimum absolute atomic E-state index is 1.20. The van der Waals surface area contributed by atoms with Crippen molar-refractivity contribution in [2.45, 2.75) is 149 Å². The number of hydrogen-bond donors (Lipinski definition) is 0. The van der Waals surface area contributed by atoms with E-state index in [2.05, 4.69) is 51.1 Å². The highest BCUT2D eigenvalue weighted by Gasteiger charge is 2.27. The van der Waals surface area contributed by atoms with Gasteiger partial charge in [0.05, 0.1) is 19.6 Å². The highest BCUT2D eigenvalue weighted by molar-refractivity contribution is 5.42. The van der Waals surface area contributed by atoms with Crippen LogP contribution in [0, 0.1) is 0 Å². The van der Waals surface area contributed by atoms with Crippen LogP contribution in [0.3, 0.4) is 0 Å². The van der Waals surface area contributed by atoms with Gasteiger partial charge < -0.3 is 0 Å². The van der Waals surface area contributed by atoms with E-state index in [9.17, 15) is 0 Å². The van der Waals surface area contributed by atoms with E-state index in [0.717, 1.165) is 0 Å². The van der Waals surface area contributed by atoms with Gasteiger partial charge in [-0.2, -0.15) is 0 Å². The van der Waals surface area contributed by atoms with E-state index in [0.29, 0.717) is 0 Å². The molecule has 0 aromatic heterocycles. The lowest BCUT2D eigenvalue weighted by atomic mass is 10.0. The molecule has 0 saturated heterocycles. The lowest BCUT2D eigenvalue weighted by Gasteiger charge is -2.38. The van der Waals surface area contributed by atoms with Crippen molar-refractivity contribution in [3.8, 4) is 0 Å². The van der Waals surface area contributed by atoms with Crippen LogP contribution in [0.4, 0.5) is 5.69 Å². The predicted octanol–water partition coefficient (Wildman–Crippen LogP) is 10.9. The zero-order chi connectivity index (χ0) is 23.9. The number of hydrogen-bond acceptors (Lipinski definition) is 0. The third-order valence-electron chi connectivity index (χ3n) is 7.55. The number of nitrogens with zero attached hydrogens (tertiary/aromatic N) is 1. The average molecular weight is 459 g/mol. The summed E-state index contributed by atoms with van der Waals surface area (Å²) in [5, 5.41) is 0. The molecular formula is C32H60N+. The molecule has 0 aliphatic heterocycles. The Morgan fingerprint density at radius 3 is 1.12 bits per heavy atom. The Morgan fingerprint density at radius 1 is 0.394 bits per heavy atom. The molecule has 0 N–H and O–H groups in total. The molecule has 192 valence electrons. The van der Waals surface area contributed by atoms with E-state index in [4.69, 9.17) is 0 Å². The van der Waals surface area contributed by atoms with Crippen LogP contribution in [0.5, 0.6) is 0 Å². The van der Waals surface area contributed by atoms with Crippen molar-refractivity contribution in [3.05, 3.63) is 30.3 Å². The molecule has 1 heteroatoms. The number of unbranched alkanes of at least 4 members (excludes halogenated alkanes) is 17. The van der Waals surface area contributed by atoms with Crippen LogP contribution < -0.4 is 4.48 Å². The van der Waals surface area contributed by atoms with Crippen LogP contribution in [-0.2, 0) is 0 Å². The smallest absolute Gasteiger partial charge is 0.132 e. The first-order valence-electron chi connectivity index (χ1n) is 15.2. The third-order valence-corrected chi connectivity index (χ3v) is 7.55. The standard InChI is InChI=1S/C32H60N/c1-4-7-8-9-10-11-12-13-14-15-16-17-18-19-20-21-22-26-31-33(29-5-2,30-6-3)32-27-24-23-25-28-32/h23-25,27-28H,4-22,26,29-31H2,1-3H3/q+1. The second-order valence-electron chi connectivity index (χ2n) is 10.7. The molecule has 0 unspecified atom stereocenters. The number of para-hydroxylation sites is 1. The van der Waals surface area contributed by atoms with Crippen LogP contribution in [0.25, 0.3) is 0 Å². The van der Waals surface area contributed by atoms with Crippen molar-refractivity contribution in [2.75, 3.05) is 19.6 Å². The monoisotopic (exact) mass is 458 g/mol. The van der Waals surface area contributed by atoms with Gasteiger partial charge >= 0.3 is 0 Å². The van der Waals surface area contributed by atoms with Crippen molar-refractivity contribution in [1.29, 1.82) is 0 Å². The van der Waals surface area contributed by atoms with Gasteiger partial charge in [0.25, 0.3) is 0 Å². The van der Waals surface area contributed by atoms with Gasteiger partial charge in [0.15, 0.2) is 0 Å². The summed E-state index contributed by atoms with van der Waals surface area (Å²) in [5.74, 6) is 0. The maximum absolute atomic E-state index is 2.36. The Morgan fingerprint density at radius 2 is 0.758 bits per heavy atom. The normalized spacial score (nSPS) is 11.8. The molecule has 1 rings (SSSR count). The van der Waals surface area contributed by atoms with Crippen molar-refractivity contribution >= 4 is 5.69 Å². The molecule has 0 aliphatic rings.